The molecule has 4 rings (SSSR count). The highest BCUT2D eigenvalue weighted by Crippen LogP contribution is 2.38. The Balaban J connectivity index is 1.71. The molecule has 0 unspecified atom stereocenters. The summed E-state index contributed by atoms with van der Waals surface area (Å²) in [5, 5.41) is 18.1. The number of pyridine rings is 1. The molecule has 6 nitrogen and oxygen atoms in total. The van der Waals surface area contributed by atoms with Crippen molar-refractivity contribution in [2.75, 3.05) is 0 Å². The van der Waals surface area contributed by atoms with Crippen LogP contribution in [-0.4, -0.2) is 31.9 Å². The summed E-state index contributed by atoms with van der Waals surface area (Å²) in [6.45, 7) is 6.01. The van der Waals surface area contributed by atoms with E-state index < -0.39 is 0 Å². The van der Waals surface area contributed by atoms with Gasteiger partial charge < -0.3 is 10.4 Å². The molecule has 0 radical (unpaired) electrons. The minimum absolute atomic E-state index is 0.117. The summed E-state index contributed by atoms with van der Waals surface area (Å²) in [7, 11) is 1.86. The maximum atomic E-state index is 13.3. The first-order chi connectivity index (χ1) is 13.3. The van der Waals surface area contributed by atoms with Gasteiger partial charge in [0.05, 0.1) is 29.4 Å². The highest BCUT2D eigenvalue weighted by molar-refractivity contribution is 6.07. The van der Waals surface area contributed by atoms with E-state index in [0.717, 1.165) is 33.3 Å². The summed E-state index contributed by atoms with van der Waals surface area (Å²) in [6, 6.07) is 5.69. The average molecular weight is 378 g/mol. The first-order valence-electron chi connectivity index (χ1n) is 9.68. The summed E-state index contributed by atoms with van der Waals surface area (Å²) in [4.78, 5) is 18.0. The number of hydrogen-bond acceptors (Lipinski definition) is 4. The molecule has 0 spiro atoms. The van der Waals surface area contributed by atoms with E-state index >= 15 is 0 Å². The first kappa shape index (κ1) is 18.6. The van der Waals surface area contributed by atoms with Gasteiger partial charge in [-0.05, 0) is 56.7 Å². The quantitative estimate of drug-likeness (QED) is 0.731. The summed E-state index contributed by atoms with van der Waals surface area (Å²) in [5.74, 6) is 0.0929. The van der Waals surface area contributed by atoms with Crippen molar-refractivity contribution < 1.29 is 9.90 Å². The maximum Gasteiger partial charge on any atom is 0.252 e. The van der Waals surface area contributed by atoms with Gasteiger partial charge in [-0.1, -0.05) is 12.1 Å². The number of aliphatic hydroxyl groups is 1. The van der Waals surface area contributed by atoms with E-state index in [2.05, 4.69) is 22.3 Å². The lowest BCUT2D eigenvalue weighted by Crippen LogP contribution is -2.41. The third kappa shape index (κ3) is 3.29. The van der Waals surface area contributed by atoms with Crippen LogP contribution in [0.1, 0.15) is 51.6 Å². The average Bonchev–Trinajstić information content (AvgIpc) is 3.06. The maximum absolute atomic E-state index is 13.3. The molecular formula is C22H26N4O2. The molecule has 1 amide bonds. The van der Waals surface area contributed by atoms with Gasteiger partial charge in [-0.25, -0.2) is 0 Å². The van der Waals surface area contributed by atoms with Crippen molar-refractivity contribution in [1.29, 1.82) is 0 Å². The summed E-state index contributed by atoms with van der Waals surface area (Å²) >= 11 is 0. The molecule has 1 fully saturated rings. The molecule has 28 heavy (non-hydrogen) atoms. The smallest absolute Gasteiger partial charge is 0.252 e. The van der Waals surface area contributed by atoms with E-state index in [1.807, 2.05) is 45.3 Å². The zero-order valence-electron chi connectivity index (χ0n) is 16.7. The number of aryl methyl sites for hydroxylation is 4. The van der Waals surface area contributed by atoms with E-state index in [1.165, 1.54) is 0 Å². The third-order valence-electron chi connectivity index (χ3n) is 5.87. The van der Waals surface area contributed by atoms with Crippen molar-refractivity contribution in [3.05, 3.63) is 58.5 Å². The Morgan fingerprint density at radius 1 is 1.29 bits per heavy atom. The second-order valence-electron chi connectivity index (χ2n) is 8.00. The Labute approximate surface area is 164 Å². The van der Waals surface area contributed by atoms with Crippen LogP contribution >= 0.6 is 0 Å². The molecule has 2 heterocycles. The van der Waals surface area contributed by atoms with Gasteiger partial charge in [0, 0.05) is 29.9 Å². The number of nitrogens with zero attached hydrogens (tertiary/aromatic N) is 3. The van der Waals surface area contributed by atoms with Crippen LogP contribution in [-0.2, 0) is 7.05 Å². The molecule has 0 aliphatic heterocycles. The van der Waals surface area contributed by atoms with Gasteiger partial charge in [-0.3, -0.25) is 14.5 Å². The second kappa shape index (κ2) is 7.02. The standard InChI is InChI=1S/C22H26N4O2/c1-12-5-6-18-19(7-13(2)24-20(18)14(12)3)22(28)25-21(15-8-17(27)9-15)16-10-23-26(4)11-16/h5-7,10-11,15,17,21,27H,8-9H2,1-4H3,(H,25,28)/t15?,17?,21-/m1/s1. The van der Waals surface area contributed by atoms with E-state index in [1.54, 1.807) is 10.9 Å². The molecule has 0 bridgehead atoms. The fourth-order valence-corrected chi connectivity index (χ4v) is 4.04. The number of benzene rings is 1. The Hall–Kier alpha value is -2.73. The Morgan fingerprint density at radius 3 is 2.68 bits per heavy atom. The van der Waals surface area contributed by atoms with E-state index in [-0.39, 0.29) is 24.0 Å². The molecule has 2 N–H and O–H groups in total. The number of aliphatic hydroxyl groups excluding tert-OH is 1. The summed E-state index contributed by atoms with van der Waals surface area (Å²) in [5.41, 5.74) is 5.56. The van der Waals surface area contributed by atoms with Crippen LogP contribution in [0.4, 0.5) is 0 Å². The molecule has 1 aliphatic carbocycles. The lowest BCUT2D eigenvalue weighted by molar-refractivity contribution is 0.0235. The lowest BCUT2D eigenvalue weighted by atomic mass is 9.75. The minimum atomic E-state index is -0.282. The second-order valence-corrected chi connectivity index (χ2v) is 8.00. The van der Waals surface area contributed by atoms with Crippen LogP contribution in [0.25, 0.3) is 10.9 Å². The minimum Gasteiger partial charge on any atom is -0.393 e. The number of carbonyl (C=O) groups excluding carboxylic acids is 1. The molecule has 146 valence electrons. The molecule has 1 aromatic carbocycles. The molecule has 1 saturated carbocycles. The Bertz CT molecular complexity index is 1050. The first-order valence-corrected chi connectivity index (χ1v) is 9.68. The predicted molar refractivity (Wildman–Crippen MR) is 108 cm³/mol. The SMILES string of the molecule is Cc1cc(C(=O)N[C@@H](c2cnn(C)c2)C2CC(O)C2)c2ccc(C)c(C)c2n1. The van der Waals surface area contributed by atoms with Gasteiger partial charge in [0.1, 0.15) is 0 Å². The number of carbonyl (C=O) groups is 1. The van der Waals surface area contributed by atoms with Crippen molar-refractivity contribution in [1.82, 2.24) is 20.1 Å². The van der Waals surface area contributed by atoms with Crippen LogP contribution in [0.15, 0.2) is 30.6 Å². The van der Waals surface area contributed by atoms with Gasteiger partial charge in [0.15, 0.2) is 0 Å². The molecule has 1 atom stereocenters. The van der Waals surface area contributed by atoms with Crippen LogP contribution in [0.2, 0.25) is 0 Å². The number of hydrogen-bond donors (Lipinski definition) is 2. The molecule has 3 aromatic rings. The fraction of sp³-hybridized carbons (Fsp3) is 0.409. The topological polar surface area (TPSA) is 80.0 Å². The van der Waals surface area contributed by atoms with E-state index in [9.17, 15) is 9.90 Å². The van der Waals surface area contributed by atoms with Crippen LogP contribution in [0.5, 0.6) is 0 Å². The summed E-state index contributed by atoms with van der Waals surface area (Å²) in [6.07, 6.45) is 4.82. The van der Waals surface area contributed by atoms with Crippen molar-refractivity contribution in [2.24, 2.45) is 13.0 Å². The fourth-order valence-electron chi connectivity index (χ4n) is 4.04. The highest BCUT2D eigenvalue weighted by atomic mass is 16.3. The van der Waals surface area contributed by atoms with Gasteiger partial charge in [0.25, 0.3) is 5.91 Å². The molecule has 2 aromatic heterocycles. The number of amides is 1. The summed E-state index contributed by atoms with van der Waals surface area (Å²) < 4.78 is 1.74. The van der Waals surface area contributed by atoms with Gasteiger partial charge >= 0.3 is 0 Å². The van der Waals surface area contributed by atoms with Gasteiger partial charge in [-0.15, -0.1) is 0 Å². The van der Waals surface area contributed by atoms with Gasteiger partial charge in [0.2, 0.25) is 0 Å². The zero-order chi connectivity index (χ0) is 20.0. The van der Waals surface area contributed by atoms with Crippen LogP contribution < -0.4 is 5.32 Å². The molecular weight excluding hydrogens is 352 g/mol. The normalized spacial score (nSPS) is 20.0. The number of rotatable bonds is 4. The Kier molecular flexibility index (Phi) is 4.67. The van der Waals surface area contributed by atoms with Crippen molar-refractivity contribution in [3.8, 4) is 0 Å². The number of fused-ring (bicyclic) bond motifs is 1. The number of nitrogens with one attached hydrogen (secondary N) is 1. The monoisotopic (exact) mass is 378 g/mol. The van der Waals surface area contributed by atoms with Crippen molar-refractivity contribution >= 4 is 16.8 Å². The molecule has 6 heteroatoms. The third-order valence-corrected chi connectivity index (χ3v) is 5.87. The molecule has 0 saturated heterocycles. The Morgan fingerprint density at radius 2 is 2.04 bits per heavy atom. The van der Waals surface area contributed by atoms with E-state index in [4.69, 9.17) is 0 Å². The van der Waals surface area contributed by atoms with Gasteiger partial charge in [-0.2, -0.15) is 5.10 Å². The number of aromatic nitrogens is 3. The van der Waals surface area contributed by atoms with Crippen molar-refractivity contribution in [3.63, 3.8) is 0 Å². The van der Waals surface area contributed by atoms with Crippen LogP contribution in [0, 0.1) is 26.7 Å². The molecule has 1 aliphatic rings. The highest BCUT2D eigenvalue weighted by Gasteiger charge is 2.36. The van der Waals surface area contributed by atoms with E-state index in [0.29, 0.717) is 18.4 Å². The lowest BCUT2D eigenvalue weighted by Gasteiger charge is -2.37. The van der Waals surface area contributed by atoms with Crippen molar-refractivity contribution in [2.45, 2.75) is 45.8 Å². The predicted octanol–water partition coefficient (Wildman–Crippen LogP) is 3.14. The largest absolute Gasteiger partial charge is 0.393 e. The zero-order valence-corrected chi connectivity index (χ0v) is 16.7. The van der Waals surface area contributed by atoms with Crippen LogP contribution in [0.3, 0.4) is 0 Å².